The van der Waals surface area contributed by atoms with Crippen LogP contribution in [0.1, 0.15) is 27.3 Å². The Morgan fingerprint density at radius 1 is 1.32 bits per heavy atom. The van der Waals surface area contributed by atoms with Gasteiger partial charge in [0.15, 0.2) is 0 Å². The van der Waals surface area contributed by atoms with E-state index in [1.807, 2.05) is 4.90 Å². The Hall–Kier alpha value is -2.69. The van der Waals surface area contributed by atoms with Gasteiger partial charge in [-0.1, -0.05) is 11.6 Å². The van der Waals surface area contributed by atoms with Gasteiger partial charge in [-0.2, -0.15) is 0 Å². The number of H-pyrrole nitrogens is 1. The van der Waals surface area contributed by atoms with Crippen LogP contribution in [0.15, 0.2) is 36.8 Å². The van der Waals surface area contributed by atoms with Crippen molar-refractivity contribution in [3.63, 3.8) is 0 Å². The first-order valence-corrected chi connectivity index (χ1v) is 7.38. The van der Waals surface area contributed by atoms with Crippen LogP contribution in [0.25, 0.3) is 10.9 Å². The van der Waals surface area contributed by atoms with Crippen LogP contribution in [0.3, 0.4) is 0 Å². The summed E-state index contributed by atoms with van der Waals surface area (Å²) in [4.78, 5) is 26.0. The number of nitrogens with zero attached hydrogens (tertiary/aromatic N) is 3. The second-order valence-corrected chi connectivity index (χ2v) is 5.70. The van der Waals surface area contributed by atoms with E-state index in [0.29, 0.717) is 18.8 Å². The minimum atomic E-state index is -0.0549. The molecule has 5 nitrogen and oxygen atoms in total. The number of nitrogens with one attached hydrogen (secondary N) is 1. The zero-order chi connectivity index (χ0) is 15.1. The molecule has 0 aliphatic carbocycles. The smallest absolute Gasteiger partial charge is 0.274 e. The first kappa shape index (κ1) is 13.0. The summed E-state index contributed by atoms with van der Waals surface area (Å²) in [5.74, 6) is -0.0549. The van der Waals surface area contributed by atoms with Crippen molar-refractivity contribution in [2.75, 3.05) is 6.54 Å². The molecule has 0 fully saturated rings. The average molecular weight is 292 g/mol. The molecule has 0 spiro atoms. The number of carbonyl (C=O) groups is 1. The van der Waals surface area contributed by atoms with E-state index in [2.05, 4.69) is 40.1 Å². The van der Waals surface area contributed by atoms with E-state index in [1.165, 1.54) is 28.4 Å². The fourth-order valence-corrected chi connectivity index (χ4v) is 3.07. The highest BCUT2D eigenvalue weighted by molar-refractivity contribution is 5.93. The first-order valence-electron chi connectivity index (χ1n) is 7.38. The summed E-state index contributed by atoms with van der Waals surface area (Å²) < 4.78 is 0. The maximum absolute atomic E-state index is 12.5. The fraction of sp³-hybridized carbons (Fsp3) is 0.235. The molecule has 0 saturated heterocycles. The third-order valence-electron chi connectivity index (χ3n) is 4.20. The van der Waals surface area contributed by atoms with Crippen molar-refractivity contribution in [3.8, 4) is 0 Å². The molecule has 1 aliphatic rings. The SMILES string of the molecule is Cc1ccc2[nH]c3c(c2c1)CN(C(=O)c1cnccn1)CC3. The summed E-state index contributed by atoms with van der Waals surface area (Å²) in [6.45, 7) is 3.41. The maximum atomic E-state index is 12.5. The van der Waals surface area contributed by atoms with E-state index in [0.717, 1.165) is 11.9 Å². The molecule has 1 N–H and O–H groups in total. The quantitative estimate of drug-likeness (QED) is 0.749. The molecule has 1 aliphatic heterocycles. The van der Waals surface area contributed by atoms with Gasteiger partial charge in [0, 0.05) is 54.1 Å². The molecule has 3 heterocycles. The van der Waals surface area contributed by atoms with Crippen LogP contribution in [0, 0.1) is 6.92 Å². The van der Waals surface area contributed by atoms with Crippen LogP contribution < -0.4 is 0 Å². The van der Waals surface area contributed by atoms with Gasteiger partial charge in [-0.3, -0.25) is 9.78 Å². The van der Waals surface area contributed by atoms with Crippen LogP contribution in [0.2, 0.25) is 0 Å². The molecule has 0 atom stereocenters. The Bertz CT molecular complexity index is 854. The number of carbonyl (C=O) groups excluding carboxylic acids is 1. The van der Waals surface area contributed by atoms with Crippen LogP contribution >= 0.6 is 0 Å². The van der Waals surface area contributed by atoms with Crippen LogP contribution in [0.5, 0.6) is 0 Å². The maximum Gasteiger partial charge on any atom is 0.274 e. The van der Waals surface area contributed by atoms with Crippen LogP contribution in [0.4, 0.5) is 0 Å². The molecule has 1 amide bonds. The van der Waals surface area contributed by atoms with Gasteiger partial charge in [0.2, 0.25) is 0 Å². The summed E-state index contributed by atoms with van der Waals surface area (Å²) in [6, 6.07) is 6.39. The van der Waals surface area contributed by atoms with Crippen molar-refractivity contribution in [1.82, 2.24) is 19.9 Å². The first-order chi connectivity index (χ1) is 10.7. The van der Waals surface area contributed by atoms with Gasteiger partial charge in [0.25, 0.3) is 5.91 Å². The summed E-state index contributed by atoms with van der Waals surface area (Å²) in [7, 11) is 0. The Morgan fingerprint density at radius 2 is 2.23 bits per heavy atom. The molecule has 0 radical (unpaired) electrons. The number of rotatable bonds is 1. The lowest BCUT2D eigenvalue weighted by Crippen LogP contribution is -2.36. The zero-order valence-corrected chi connectivity index (χ0v) is 12.3. The Morgan fingerprint density at radius 3 is 3.05 bits per heavy atom. The standard InChI is InChI=1S/C17H16N4O/c1-11-2-3-14-12(8-11)13-10-21(7-4-15(13)20-14)17(22)16-9-18-5-6-19-16/h2-3,5-6,8-9,20H,4,7,10H2,1H3. The lowest BCUT2D eigenvalue weighted by atomic mass is 10.0. The lowest BCUT2D eigenvalue weighted by molar-refractivity contribution is 0.0728. The summed E-state index contributed by atoms with van der Waals surface area (Å²) in [5.41, 5.74) is 5.24. The van der Waals surface area contributed by atoms with Crippen molar-refractivity contribution in [2.45, 2.75) is 19.9 Å². The lowest BCUT2D eigenvalue weighted by Gasteiger charge is -2.26. The molecule has 2 aromatic heterocycles. The predicted octanol–water partition coefficient (Wildman–Crippen LogP) is 2.46. The third-order valence-corrected chi connectivity index (χ3v) is 4.20. The van der Waals surface area contributed by atoms with Crippen molar-refractivity contribution in [3.05, 3.63) is 59.3 Å². The van der Waals surface area contributed by atoms with Crippen molar-refractivity contribution in [1.29, 1.82) is 0 Å². The molecule has 22 heavy (non-hydrogen) atoms. The van der Waals surface area contributed by atoms with Gasteiger partial charge < -0.3 is 9.88 Å². The van der Waals surface area contributed by atoms with Gasteiger partial charge >= 0.3 is 0 Å². The van der Waals surface area contributed by atoms with E-state index < -0.39 is 0 Å². The van der Waals surface area contributed by atoms with Gasteiger partial charge in [-0.25, -0.2) is 4.98 Å². The average Bonchev–Trinajstić information content (AvgIpc) is 2.92. The van der Waals surface area contributed by atoms with E-state index >= 15 is 0 Å². The molecule has 5 heteroatoms. The fourth-order valence-electron chi connectivity index (χ4n) is 3.07. The number of benzene rings is 1. The number of aromatic amines is 1. The number of hydrogen-bond acceptors (Lipinski definition) is 3. The zero-order valence-electron chi connectivity index (χ0n) is 12.3. The predicted molar refractivity (Wildman–Crippen MR) is 83.5 cm³/mol. The molecule has 0 unspecified atom stereocenters. The third kappa shape index (κ3) is 2.06. The highest BCUT2D eigenvalue weighted by Crippen LogP contribution is 2.28. The van der Waals surface area contributed by atoms with Gasteiger partial charge in [0.1, 0.15) is 5.69 Å². The molecule has 0 bridgehead atoms. The largest absolute Gasteiger partial charge is 0.358 e. The molecular weight excluding hydrogens is 276 g/mol. The topological polar surface area (TPSA) is 61.9 Å². The molecule has 1 aromatic carbocycles. The molecule has 110 valence electrons. The van der Waals surface area contributed by atoms with E-state index in [1.54, 1.807) is 12.4 Å². The van der Waals surface area contributed by atoms with E-state index in [4.69, 9.17) is 0 Å². The number of fused-ring (bicyclic) bond motifs is 3. The Labute approximate surface area is 128 Å². The van der Waals surface area contributed by atoms with E-state index in [-0.39, 0.29) is 5.91 Å². The Kier molecular flexibility index (Phi) is 2.92. The minimum absolute atomic E-state index is 0.0549. The van der Waals surface area contributed by atoms with Gasteiger partial charge in [0.05, 0.1) is 6.20 Å². The molecule has 3 aromatic rings. The van der Waals surface area contributed by atoms with Crippen LogP contribution in [-0.4, -0.2) is 32.3 Å². The second-order valence-electron chi connectivity index (χ2n) is 5.70. The van der Waals surface area contributed by atoms with Crippen molar-refractivity contribution >= 4 is 16.8 Å². The normalized spacial score (nSPS) is 14.1. The number of aromatic nitrogens is 3. The minimum Gasteiger partial charge on any atom is -0.358 e. The van der Waals surface area contributed by atoms with Gasteiger partial charge in [-0.05, 0) is 19.1 Å². The molecule has 0 saturated carbocycles. The number of hydrogen-bond donors (Lipinski definition) is 1. The molecule has 4 rings (SSSR count). The summed E-state index contributed by atoms with van der Waals surface area (Å²) in [5, 5.41) is 1.21. The van der Waals surface area contributed by atoms with Crippen LogP contribution in [-0.2, 0) is 13.0 Å². The van der Waals surface area contributed by atoms with Gasteiger partial charge in [-0.15, -0.1) is 0 Å². The summed E-state index contributed by atoms with van der Waals surface area (Å²) in [6.07, 6.45) is 5.50. The van der Waals surface area contributed by atoms with Crippen molar-refractivity contribution in [2.24, 2.45) is 0 Å². The highest BCUT2D eigenvalue weighted by atomic mass is 16.2. The monoisotopic (exact) mass is 292 g/mol. The highest BCUT2D eigenvalue weighted by Gasteiger charge is 2.25. The second kappa shape index (κ2) is 4.94. The summed E-state index contributed by atoms with van der Waals surface area (Å²) >= 11 is 0. The van der Waals surface area contributed by atoms with Crippen molar-refractivity contribution < 1.29 is 4.79 Å². The number of aryl methyl sites for hydroxylation is 1. The Balaban J connectivity index is 1.70. The molecular formula is C17H16N4O. The van der Waals surface area contributed by atoms with E-state index in [9.17, 15) is 4.79 Å². The number of amides is 1.